The van der Waals surface area contributed by atoms with Gasteiger partial charge in [-0.15, -0.1) is 0 Å². The molecule has 0 radical (unpaired) electrons. The molecule has 0 amide bonds. The van der Waals surface area contributed by atoms with Crippen molar-refractivity contribution in [2.24, 2.45) is 10.8 Å². The van der Waals surface area contributed by atoms with E-state index < -0.39 is 17.7 Å². The molecule has 0 saturated heterocycles. The number of aliphatic hydroxyl groups is 2. The molecule has 288 valence electrons. The van der Waals surface area contributed by atoms with E-state index >= 15 is 0 Å². The minimum absolute atomic E-state index is 0.0747. The van der Waals surface area contributed by atoms with Crippen LogP contribution < -0.4 is 16.0 Å². The molecule has 3 unspecified atom stereocenters. The van der Waals surface area contributed by atoms with Crippen LogP contribution in [0.1, 0.15) is 110 Å². The maximum absolute atomic E-state index is 12.2. The van der Waals surface area contributed by atoms with Crippen LogP contribution >= 0.6 is 0 Å². The Bertz CT molecular complexity index is 2590. The summed E-state index contributed by atoms with van der Waals surface area (Å²) in [6.45, 7) is 15.1. The predicted molar refractivity (Wildman–Crippen MR) is 236 cm³/mol. The van der Waals surface area contributed by atoms with E-state index in [0.29, 0.717) is 0 Å². The highest BCUT2D eigenvalue weighted by Gasteiger charge is 2.50. The SMILES string of the molecule is CC=C1c2ccc(-c3ccc4c(c3)C(O)N(c3ccc(C5(c6ccc(N)c(C)c6)c6ccccc6-c6ccccc65)cc3NC)C4C)cc2C(O)C(C)(C)C1(C)C. The summed E-state index contributed by atoms with van der Waals surface area (Å²) in [5.74, 6) is 0. The Hall–Kier alpha value is -5.62. The van der Waals surface area contributed by atoms with Gasteiger partial charge in [-0.05, 0) is 129 Å². The van der Waals surface area contributed by atoms with Crippen molar-refractivity contribution in [1.82, 2.24) is 0 Å². The van der Waals surface area contributed by atoms with Gasteiger partial charge in [-0.2, -0.15) is 0 Å². The zero-order chi connectivity index (χ0) is 40.2. The van der Waals surface area contributed by atoms with E-state index in [1.807, 2.05) is 13.1 Å². The Balaban J connectivity index is 1.13. The standard InChI is InChI=1S/C52H53N3O2/c1-9-42-39-23-19-32(27-40(39)48(56)51(6,7)50(42,4)5)33-18-22-36-31(3)55(49(57)41(36)28-33)47-25-21-35(29-46(47)54-8)52(34-20-24-45(53)30(2)26-34)43-16-12-10-14-37(43)38-15-11-13-17-44(38)52/h9-29,31,48-49,54,56-57H,53H2,1-8H3. The second-order valence-corrected chi connectivity index (χ2v) is 17.4. The zero-order valence-electron chi connectivity index (χ0n) is 34.3. The van der Waals surface area contributed by atoms with Gasteiger partial charge in [0.25, 0.3) is 0 Å². The van der Waals surface area contributed by atoms with Gasteiger partial charge in [-0.1, -0.05) is 125 Å². The number of hydrogen-bond acceptors (Lipinski definition) is 5. The predicted octanol–water partition coefficient (Wildman–Crippen LogP) is 11.7. The average Bonchev–Trinajstić information content (AvgIpc) is 3.65. The number of nitrogens with zero attached hydrogens (tertiary/aromatic N) is 1. The van der Waals surface area contributed by atoms with Crippen molar-refractivity contribution >= 4 is 22.6 Å². The number of anilines is 3. The van der Waals surface area contributed by atoms with Gasteiger partial charge in [0.15, 0.2) is 6.23 Å². The molecular weight excluding hydrogens is 699 g/mol. The molecule has 5 nitrogen and oxygen atoms in total. The summed E-state index contributed by atoms with van der Waals surface area (Å²) in [4.78, 5) is 2.13. The summed E-state index contributed by atoms with van der Waals surface area (Å²) in [6.07, 6.45) is 0.732. The molecule has 0 aromatic heterocycles. The van der Waals surface area contributed by atoms with Crippen LogP contribution in [0.25, 0.3) is 27.8 Å². The van der Waals surface area contributed by atoms with Gasteiger partial charge in [-0.3, -0.25) is 0 Å². The lowest BCUT2D eigenvalue weighted by atomic mass is 9.54. The molecule has 0 fully saturated rings. The van der Waals surface area contributed by atoms with E-state index in [0.717, 1.165) is 61.6 Å². The molecule has 3 atom stereocenters. The van der Waals surface area contributed by atoms with Crippen LogP contribution in [-0.2, 0) is 5.41 Å². The normalized spacial score (nSPS) is 21.5. The summed E-state index contributed by atoms with van der Waals surface area (Å²) < 4.78 is 0. The van der Waals surface area contributed by atoms with Gasteiger partial charge in [0.1, 0.15) is 0 Å². The highest BCUT2D eigenvalue weighted by atomic mass is 16.3. The van der Waals surface area contributed by atoms with E-state index in [1.165, 1.54) is 33.4 Å². The largest absolute Gasteiger partial charge is 0.399 e. The summed E-state index contributed by atoms with van der Waals surface area (Å²) >= 11 is 0. The Kier molecular flexibility index (Phi) is 8.41. The Morgan fingerprint density at radius 3 is 1.91 bits per heavy atom. The number of nitrogens with two attached hydrogens (primary N) is 1. The smallest absolute Gasteiger partial charge is 0.154 e. The van der Waals surface area contributed by atoms with Gasteiger partial charge in [-0.25, -0.2) is 0 Å². The zero-order valence-corrected chi connectivity index (χ0v) is 34.3. The third-order valence-corrected chi connectivity index (χ3v) is 14.4. The quantitative estimate of drug-likeness (QED) is 0.132. The van der Waals surface area contributed by atoms with E-state index in [9.17, 15) is 10.2 Å². The molecule has 3 aliphatic rings. The van der Waals surface area contributed by atoms with Crippen LogP contribution in [0.15, 0.2) is 127 Å². The lowest BCUT2D eigenvalue weighted by Gasteiger charge is -2.51. The minimum atomic E-state index is -0.855. The first-order valence-electron chi connectivity index (χ1n) is 20.2. The van der Waals surface area contributed by atoms with Crippen molar-refractivity contribution in [2.75, 3.05) is 23.0 Å². The minimum Gasteiger partial charge on any atom is -0.399 e. The van der Waals surface area contributed by atoms with Crippen molar-refractivity contribution in [3.05, 3.63) is 177 Å². The summed E-state index contributed by atoms with van der Waals surface area (Å²) in [5, 5.41) is 27.5. The number of benzene rings is 6. The molecule has 5 N–H and O–H groups in total. The van der Waals surface area contributed by atoms with Crippen LogP contribution in [-0.4, -0.2) is 17.3 Å². The fourth-order valence-electron chi connectivity index (χ4n) is 10.5. The van der Waals surface area contributed by atoms with Gasteiger partial charge < -0.3 is 26.2 Å². The summed E-state index contributed by atoms with van der Waals surface area (Å²) in [5.41, 5.74) is 23.6. The number of nitrogens with one attached hydrogen (secondary N) is 1. The van der Waals surface area contributed by atoms with E-state index in [2.05, 4.69) is 180 Å². The fourth-order valence-corrected chi connectivity index (χ4v) is 10.5. The molecule has 2 aliphatic carbocycles. The molecule has 1 heterocycles. The first-order chi connectivity index (χ1) is 27.3. The highest BCUT2D eigenvalue weighted by molar-refractivity contribution is 5.88. The number of allylic oxidation sites excluding steroid dienone is 2. The number of hydrogen-bond donors (Lipinski definition) is 4. The van der Waals surface area contributed by atoms with Crippen LogP contribution in [0.2, 0.25) is 0 Å². The van der Waals surface area contributed by atoms with E-state index in [-0.39, 0.29) is 16.9 Å². The van der Waals surface area contributed by atoms with E-state index in [4.69, 9.17) is 5.73 Å². The van der Waals surface area contributed by atoms with Gasteiger partial charge in [0, 0.05) is 23.7 Å². The molecule has 0 spiro atoms. The van der Waals surface area contributed by atoms with Crippen molar-refractivity contribution in [1.29, 1.82) is 0 Å². The second kappa shape index (κ2) is 13.0. The monoisotopic (exact) mass is 751 g/mol. The Morgan fingerprint density at radius 1 is 0.684 bits per heavy atom. The number of nitrogen functional groups attached to an aromatic ring is 1. The van der Waals surface area contributed by atoms with Crippen LogP contribution in [0.5, 0.6) is 0 Å². The third kappa shape index (κ3) is 5.01. The van der Waals surface area contributed by atoms with Crippen LogP contribution in [0.3, 0.4) is 0 Å². The Labute approximate surface area is 337 Å². The summed E-state index contributed by atoms with van der Waals surface area (Å²) in [6, 6.07) is 43.5. The van der Waals surface area contributed by atoms with Crippen molar-refractivity contribution < 1.29 is 10.2 Å². The lowest BCUT2D eigenvalue weighted by molar-refractivity contribution is -0.0177. The van der Waals surface area contributed by atoms with Crippen molar-refractivity contribution in [3.63, 3.8) is 0 Å². The number of rotatable bonds is 5. The number of fused-ring (bicyclic) bond motifs is 5. The number of aliphatic hydroxyl groups excluding tert-OH is 2. The molecule has 6 aromatic carbocycles. The van der Waals surface area contributed by atoms with Gasteiger partial charge >= 0.3 is 0 Å². The maximum atomic E-state index is 12.2. The molecule has 1 aliphatic heterocycles. The first-order valence-corrected chi connectivity index (χ1v) is 20.2. The lowest BCUT2D eigenvalue weighted by Crippen LogP contribution is -2.42. The van der Waals surface area contributed by atoms with Crippen molar-refractivity contribution in [3.8, 4) is 22.3 Å². The van der Waals surface area contributed by atoms with Gasteiger partial charge in [0.2, 0.25) is 0 Å². The third-order valence-electron chi connectivity index (χ3n) is 14.4. The van der Waals surface area contributed by atoms with E-state index in [1.54, 1.807) is 0 Å². The van der Waals surface area contributed by atoms with Crippen LogP contribution in [0.4, 0.5) is 17.1 Å². The molecular formula is C52H53N3O2. The number of aryl methyl sites for hydroxylation is 1. The molecule has 57 heavy (non-hydrogen) atoms. The average molecular weight is 752 g/mol. The highest BCUT2D eigenvalue weighted by Crippen LogP contribution is 2.61. The Morgan fingerprint density at radius 2 is 1.28 bits per heavy atom. The molecule has 9 rings (SSSR count). The van der Waals surface area contributed by atoms with Gasteiger partial charge in [0.05, 0.1) is 28.9 Å². The fraction of sp³-hybridized carbons (Fsp3) is 0.269. The first kappa shape index (κ1) is 37.0. The molecule has 0 saturated carbocycles. The maximum Gasteiger partial charge on any atom is 0.154 e. The topological polar surface area (TPSA) is 81.8 Å². The van der Waals surface area contributed by atoms with Crippen LogP contribution in [0, 0.1) is 17.8 Å². The second-order valence-electron chi connectivity index (χ2n) is 17.4. The molecule has 6 aromatic rings. The molecule has 0 bridgehead atoms. The summed E-state index contributed by atoms with van der Waals surface area (Å²) in [7, 11) is 1.96. The van der Waals surface area contributed by atoms with Crippen molar-refractivity contribution in [2.45, 2.75) is 72.3 Å². The molecule has 5 heteroatoms.